The van der Waals surface area contributed by atoms with Gasteiger partial charge >= 0.3 is 0 Å². The lowest BCUT2D eigenvalue weighted by Crippen LogP contribution is -2.02. The van der Waals surface area contributed by atoms with Gasteiger partial charge in [-0.3, -0.25) is 0 Å². The summed E-state index contributed by atoms with van der Waals surface area (Å²) in [6, 6.07) is 10.9. The molecule has 0 aromatic heterocycles. The maximum atomic E-state index is 13.6. The van der Waals surface area contributed by atoms with E-state index in [0.717, 1.165) is 11.6 Å². The summed E-state index contributed by atoms with van der Waals surface area (Å²) < 4.78 is 26.9. The summed E-state index contributed by atoms with van der Waals surface area (Å²) in [5.74, 6) is -0.772. The third-order valence-corrected chi connectivity index (χ3v) is 2.82. The van der Waals surface area contributed by atoms with Crippen LogP contribution in [0.2, 0.25) is 0 Å². The molecule has 2 rings (SSSR count). The van der Waals surface area contributed by atoms with Crippen molar-refractivity contribution in [3.63, 3.8) is 0 Å². The molecular weight excluding hydrogens is 246 g/mol. The first-order chi connectivity index (χ1) is 9.10. The molecule has 1 N–H and O–H groups in total. The average Bonchev–Trinajstić information content (AvgIpc) is 2.41. The van der Waals surface area contributed by atoms with Gasteiger partial charge in [-0.15, -0.1) is 0 Å². The Kier molecular flexibility index (Phi) is 3.76. The van der Waals surface area contributed by atoms with Crippen LogP contribution in [0.25, 0.3) is 0 Å². The van der Waals surface area contributed by atoms with E-state index < -0.39 is 5.82 Å². The van der Waals surface area contributed by atoms with E-state index in [9.17, 15) is 8.78 Å². The zero-order chi connectivity index (χ0) is 13.8. The first-order valence-corrected chi connectivity index (χ1v) is 5.78. The number of nitrogens with one attached hydrogen (secondary N) is 1. The first kappa shape index (κ1) is 13.0. The zero-order valence-electron chi connectivity index (χ0n) is 10.4. The van der Waals surface area contributed by atoms with Crippen molar-refractivity contribution in [3.05, 3.63) is 64.7 Å². The molecule has 0 radical (unpaired) electrons. The van der Waals surface area contributed by atoms with Crippen LogP contribution in [0.3, 0.4) is 0 Å². The molecule has 0 unspecified atom stereocenters. The minimum Gasteiger partial charge on any atom is -0.379 e. The Hall–Kier alpha value is -2.41. The molecule has 0 fully saturated rings. The van der Waals surface area contributed by atoms with Crippen molar-refractivity contribution in [3.8, 4) is 6.07 Å². The van der Waals surface area contributed by atoms with Crippen molar-refractivity contribution < 1.29 is 8.78 Å². The predicted octanol–water partition coefficient (Wildman–Crippen LogP) is 3.76. The lowest BCUT2D eigenvalue weighted by atomic mass is 10.1. The predicted molar refractivity (Wildman–Crippen MR) is 69.6 cm³/mol. The Morgan fingerprint density at radius 3 is 2.53 bits per heavy atom. The highest BCUT2D eigenvalue weighted by Gasteiger charge is 2.04. The molecular formula is C15H12F2N2. The molecule has 0 atom stereocenters. The molecule has 0 aliphatic heterocycles. The van der Waals surface area contributed by atoms with E-state index in [1.54, 1.807) is 19.1 Å². The van der Waals surface area contributed by atoms with E-state index in [1.807, 2.05) is 6.07 Å². The third kappa shape index (κ3) is 3.08. The lowest BCUT2D eigenvalue weighted by Gasteiger charge is -2.08. The number of nitrogens with zero attached hydrogens (tertiary/aromatic N) is 1. The van der Waals surface area contributed by atoms with E-state index in [1.165, 1.54) is 18.2 Å². The molecule has 0 saturated heterocycles. The van der Waals surface area contributed by atoms with Crippen molar-refractivity contribution in [1.29, 1.82) is 5.26 Å². The van der Waals surface area contributed by atoms with Crippen LogP contribution in [-0.2, 0) is 6.54 Å². The molecule has 0 saturated carbocycles. The van der Waals surface area contributed by atoms with Crippen LogP contribution in [0.15, 0.2) is 36.4 Å². The van der Waals surface area contributed by atoms with Gasteiger partial charge in [0.2, 0.25) is 0 Å². The summed E-state index contributed by atoms with van der Waals surface area (Å²) in [5.41, 5.74) is 1.87. The monoisotopic (exact) mass is 258 g/mol. The van der Waals surface area contributed by atoms with Gasteiger partial charge in [0.1, 0.15) is 11.6 Å². The topological polar surface area (TPSA) is 35.8 Å². The second kappa shape index (κ2) is 5.49. The van der Waals surface area contributed by atoms with E-state index >= 15 is 0 Å². The van der Waals surface area contributed by atoms with Crippen molar-refractivity contribution in [1.82, 2.24) is 0 Å². The van der Waals surface area contributed by atoms with Gasteiger partial charge in [0.05, 0.1) is 17.3 Å². The fourth-order valence-corrected chi connectivity index (χ4v) is 1.67. The third-order valence-electron chi connectivity index (χ3n) is 2.82. The number of hydrogen-bond acceptors (Lipinski definition) is 2. The van der Waals surface area contributed by atoms with Crippen LogP contribution >= 0.6 is 0 Å². The van der Waals surface area contributed by atoms with Gasteiger partial charge in [-0.05, 0) is 42.3 Å². The van der Waals surface area contributed by atoms with E-state index in [2.05, 4.69) is 5.32 Å². The minimum atomic E-state index is -0.494. The quantitative estimate of drug-likeness (QED) is 0.909. The second-order valence-corrected chi connectivity index (χ2v) is 4.24. The summed E-state index contributed by atoms with van der Waals surface area (Å²) in [5, 5.41) is 11.5. The molecule has 0 spiro atoms. The van der Waals surface area contributed by atoms with E-state index in [4.69, 9.17) is 5.26 Å². The van der Waals surface area contributed by atoms with Crippen LogP contribution in [0.1, 0.15) is 16.7 Å². The van der Waals surface area contributed by atoms with E-state index in [-0.39, 0.29) is 11.4 Å². The number of benzene rings is 2. The van der Waals surface area contributed by atoms with Gasteiger partial charge in [-0.1, -0.05) is 12.1 Å². The van der Waals surface area contributed by atoms with Gasteiger partial charge in [0, 0.05) is 6.54 Å². The summed E-state index contributed by atoms with van der Waals surface area (Å²) in [7, 11) is 0. The fourth-order valence-electron chi connectivity index (χ4n) is 1.67. The highest BCUT2D eigenvalue weighted by atomic mass is 19.1. The molecule has 4 heteroatoms. The van der Waals surface area contributed by atoms with Gasteiger partial charge in [0.25, 0.3) is 0 Å². The maximum Gasteiger partial charge on any atom is 0.147 e. The summed E-state index contributed by atoms with van der Waals surface area (Å²) in [6.07, 6.45) is 0. The van der Waals surface area contributed by atoms with Crippen LogP contribution in [0, 0.1) is 29.9 Å². The highest BCUT2D eigenvalue weighted by Crippen LogP contribution is 2.17. The first-order valence-electron chi connectivity index (χ1n) is 5.78. The lowest BCUT2D eigenvalue weighted by molar-refractivity contribution is 0.616. The fraction of sp³-hybridized carbons (Fsp3) is 0.133. The van der Waals surface area contributed by atoms with Crippen molar-refractivity contribution in [2.45, 2.75) is 13.5 Å². The molecule has 2 aromatic rings. The molecule has 0 aliphatic carbocycles. The van der Waals surface area contributed by atoms with E-state index in [0.29, 0.717) is 17.8 Å². The Bertz CT molecular complexity index is 645. The van der Waals surface area contributed by atoms with Gasteiger partial charge in [-0.25, -0.2) is 8.78 Å². The highest BCUT2D eigenvalue weighted by molar-refractivity contribution is 5.49. The minimum absolute atomic E-state index is 0.268. The largest absolute Gasteiger partial charge is 0.379 e. The Morgan fingerprint density at radius 1 is 1.11 bits per heavy atom. The number of hydrogen-bond donors (Lipinski definition) is 1. The van der Waals surface area contributed by atoms with Crippen LogP contribution in [-0.4, -0.2) is 0 Å². The maximum absolute atomic E-state index is 13.6. The number of halogens is 2. The summed E-state index contributed by atoms with van der Waals surface area (Å²) in [4.78, 5) is 0. The van der Waals surface area contributed by atoms with Crippen LogP contribution in [0.5, 0.6) is 0 Å². The molecule has 96 valence electrons. The molecule has 2 aromatic carbocycles. The molecule has 0 bridgehead atoms. The molecule has 2 nitrogen and oxygen atoms in total. The molecule has 19 heavy (non-hydrogen) atoms. The SMILES string of the molecule is Cc1ccc(CNc2ccc(C#N)cc2F)cc1F. The van der Waals surface area contributed by atoms with Crippen molar-refractivity contribution >= 4 is 5.69 Å². The molecule has 0 amide bonds. The van der Waals surface area contributed by atoms with Crippen LogP contribution < -0.4 is 5.32 Å². The Balaban J connectivity index is 2.10. The van der Waals surface area contributed by atoms with Gasteiger partial charge in [-0.2, -0.15) is 5.26 Å². The number of rotatable bonds is 3. The number of aryl methyl sites for hydroxylation is 1. The smallest absolute Gasteiger partial charge is 0.147 e. The molecule has 0 heterocycles. The summed E-state index contributed by atoms with van der Waals surface area (Å²) >= 11 is 0. The normalized spacial score (nSPS) is 10.0. The van der Waals surface area contributed by atoms with Crippen molar-refractivity contribution in [2.24, 2.45) is 0 Å². The molecule has 0 aliphatic rings. The standard InChI is InChI=1S/C15H12F2N2/c1-10-2-3-12(7-13(10)16)9-19-15-5-4-11(8-18)6-14(15)17/h2-7,19H,9H2,1H3. The van der Waals surface area contributed by atoms with Gasteiger partial charge < -0.3 is 5.32 Å². The van der Waals surface area contributed by atoms with Gasteiger partial charge in [0.15, 0.2) is 0 Å². The second-order valence-electron chi connectivity index (χ2n) is 4.24. The van der Waals surface area contributed by atoms with Crippen LogP contribution in [0.4, 0.5) is 14.5 Å². The number of anilines is 1. The Morgan fingerprint density at radius 2 is 1.89 bits per heavy atom. The number of nitriles is 1. The average molecular weight is 258 g/mol. The summed E-state index contributed by atoms with van der Waals surface area (Å²) in [6.45, 7) is 2.01. The van der Waals surface area contributed by atoms with Crippen molar-refractivity contribution in [2.75, 3.05) is 5.32 Å². The zero-order valence-corrected chi connectivity index (χ0v) is 10.4. The Labute approximate surface area is 110 Å².